The molecule has 2 saturated heterocycles. The summed E-state index contributed by atoms with van der Waals surface area (Å²) in [4.78, 5) is 15.1. The number of amides is 1. The van der Waals surface area contributed by atoms with Crippen LogP contribution in [0, 0.1) is 22.7 Å². The molecule has 4 aliphatic rings. The summed E-state index contributed by atoms with van der Waals surface area (Å²) >= 11 is 0. The Bertz CT molecular complexity index is 419. The Balaban J connectivity index is 1.37. The van der Waals surface area contributed by atoms with Crippen molar-refractivity contribution in [3.63, 3.8) is 0 Å². The molecule has 1 N–H and O–H groups in total. The summed E-state index contributed by atoms with van der Waals surface area (Å²) in [6, 6.07) is 0. The summed E-state index contributed by atoms with van der Waals surface area (Å²) in [6.45, 7) is 6.73. The van der Waals surface area contributed by atoms with Gasteiger partial charge in [-0.2, -0.15) is 0 Å². The minimum atomic E-state index is 0.372. The molecule has 4 fully saturated rings. The minimum absolute atomic E-state index is 0.372. The second-order valence-electron chi connectivity index (χ2n) is 8.56. The molecule has 118 valence electrons. The molecule has 21 heavy (non-hydrogen) atoms. The monoisotopic (exact) mass is 290 g/mol. The topological polar surface area (TPSA) is 32.3 Å². The second kappa shape index (κ2) is 4.97. The fraction of sp³-hybridized carbons (Fsp3) is 0.944. The molecule has 2 aliphatic heterocycles. The van der Waals surface area contributed by atoms with E-state index in [4.69, 9.17) is 0 Å². The highest BCUT2D eigenvalue weighted by atomic mass is 16.2. The summed E-state index contributed by atoms with van der Waals surface area (Å²) in [5.74, 6) is 1.78. The van der Waals surface area contributed by atoms with Crippen LogP contribution in [-0.4, -0.2) is 37.0 Å². The fourth-order valence-corrected chi connectivity index (χ4v) is 5.30. The predicted molar refractivity (Wildman–Crippen MR) is 83.9 cm³/mol. The van der Waals surface area contributed by atoms with Crippen LogP contribution in [0.25, 0.3) is 0 Å². The highest BCUT2D eigenvalue weighted by Gasteiger charge is 2.59. The third kappa shape index (κ3) is 2.42. The number of carbonyl (C=O) groups excluding carboxylic acids is 1. The predicted octanol–water partition coefficient (Wildman–Crippen LogP) is 2.80. The molecule has 4 rings (SSSR count). The maximum Gasteiger partial charge on any atom is 0.226 e. The standard InChI is InChI=1S/C18H30N2O/c1-14-2-4-17(5-3-14)8-11-20(13-17)16(21)15-12-18(15)6-9-19-10-7-18/h14-15,19H,2-13H2,1H3. The average Bonchev–Trinajstić information content (AvgIpc) is 3.03. The third-order valence-electron chi connectivity index (χ3n) is 7.17. The van der Waals surface area contributed by atoms with Crippen molar-refractivity contribution in [2.24, 2.45) is 22.7 Å². The van der Waals surface area contributed by atoms with Crippen LogP contribution in [0.3, 0.4) is 0 Å². The first-order valence-electron chi connectivity index (χ1n) is 9.12. The SMILES string of the molecule is CC1CCC2(CC1)CCN(C(=O)C1CC13CCNCC3)C2. The summed E-state index contributed by atoms with van der Waals surface area (Å²) in [6.07, 6.45) is 10.4. The van der Waals surface area contributed by atoms with Crippen molar-refractivity contribution < 1.29 is 4.79 Å². The zero-order valence-electron chi connectivity index (χ0n) is 13.5. The Morgan fingerprint density at radius 3 is 2.52 bits per heavy atom. The van der Waals surface area contributed by atoms with Gasteiger partial charge in [0.25, 0.3) is 0 Å². The Hall–Kier alpha value is -0.570. The Labute approximate surface area is 128 Å². The van der Waals surface area contributed by atoms with Crippen LogP contribution in [0.4, 0.5) is 0 Å². The van der Waals surface area contributed by atoms with Crippen molar-refractivity contribution in [3.8, 4) is 0 Å². The van der Waals surface area contributed by atoms with Crippen LogP contribution in [0.5, 0.6) is 0 Å². The fourth-order valence-electron chi connectivity index (χ4n) is 5.30. The smallest absolute Gasteiger partial charge is 0.226 e. The molecule has 1 unspecified atom stereocenters. The quantitative estimate of drug-likeness (QED) is 0.805. The van der Waals surface area contributed by atoms with Gasteiger partial charge in [0.1, 0.15) is 0 Å². The van der Waals surface area contributed by atoms with Gasteiger partial charge >= 0.3 is 0 Å². The minimum Gasteiger partial charge on any atom is -0.342 e. The first-order chi connectivity index (χ1) is 10.1. The van der Waals surface area contributed by atoms with Crippen LogP contribution in [0.15, 0.2) is 0 Å². The zero-order valence-corrected chi connectivity index (χ0v) is 13.5. The normalized spacial score (nSPS) is 41.7. The van der Waals surface area contributed by atoms with E-state index in [1.165, 1.54) is 51.4 Å². The number of hydrogen-bond donors (Lipinski definition) is 1. The number of piperidine rings is 1. The first kappa shape index (κ1) is 14.0. The molecule has 1 atom stereocenters. The molecule has 2 heterocycles. The molecule has 2 aliphatic carbocycles. The van der Waals surface area contributed by atoms with E-state index in [0.29, 0.717) is 22.7 Å². The van der Waals surface area contributed by atoms with Crippen molar-refractivity contribution in [3.05, 3.63) is 0 Å². The van der Waals surface area contributed by atoms with Gasteiger partial charge in [-0.1, -0.05) is 19.8 Å². The largest absolute Gasteiger partial charge is 0.342 e. The van der Waals surface area contributed by atoms with Gasteiger partial charge in [0, 0.05) is 19.0 Å². The van der Waals surface area contributed by atoms with Gasteiger partial charge in [-0.3, -0.25) is 4.79 Å². The summed E-state index contributed by atoms with van der Waals surface area (Å²) in [5, 5.41) is 3.44. The van der Waals surface area contributed by atoms with Crippen LogP contribution in [-0.2, 0) is 4.79 Å². The Kier molecular flexibility index (Phi) is 3.33. The summed E-state index contributed by atoms with van der Waals surface area (Å²) in [5.41, 5.74) is 0.900. The van der Waals surface area contributed by atoms with Crippen molar-refractivity contribution in [2.45, 2.75) is 58.3 Å². The Morgan fingerprint density at radius 1 is 1.10 bits per heavy atom. The molecule has 3 nitrogen and oxygen atoms in total. The molecule has 2 spiro atoms. The number of nitrogens with zero attached hydrogens (tertiary/aromatic N) is 1. The van der Waals surface area contributed by atoms with Crippen LogP contribution < -0.4 is 5.32 Å². The highest BCUT2D eigenvalue weighted by molar-refractivity contribution is 5.83. The van der Waals surface area contributed by atoms with Crippen molar-refractivity contribution in [1.29, 1.82) is 0 Å². The molecule has 0 bridgehead atoms. The lowest BCUT2D eigenvalue weighted by molar-refractivity contribution is -0.133. The Morgan fingerprint density at radius 2 is 1.81 bits per heavy atom. The number of rotatable bonds is 1. The maximum atomic E-state index is 12.9. The molecule has 0 aromatic rings. The first-order valence-corrected chi connectivity index (χ1v) is 9.12. The zero-order chi connectivity index (χ0) is 14.5. The van der Waals surface area contributed by atoms with E-state index in [0.717, 1.165) is 32.1 Å². The number of hydrogen-bond acceptors (Lipinski definition) is 2. The number of likely N-dealkylation sites (tertiary alicyclic amines) is 1. The van der Waals surface area contributed by atoms with Gasteiger partial charge < -0.3 is 10.2 Å². The van der Waals surface area contributed by atoms with E-state index >= 15 is 0 Å². The van der Waals surface area contributed by atoms with E-state index in [-0.39, 0.29) is 0 Å². The van der Waals surface area contributed by atoms with Crippen LogP contribution in [0.1, 0.15) is 58.3 Å². The number of nitrogens with one attached hydrogen (secondary N) is 1. The molecular weight excluding hydrogens is 260 g/mol. The number of carbonyl (C=O) groups is 1. The van der Waals surface area contributed by atoms with E-state index in [1.807, 2.05) is 0 Å². The van der Waals surface area contributed by atoms with E-state index < -0.39 is 0 Å². The molecule has 0 radical (unpaired) electrons. The molecule has 0 aromatic heterocycles. The van der Waals surface area contributed by atoms with Gasteiger partial charge in [-0.15, -0.1) is 0 Å². The van der Waals surface area contributed by atoms with E-state index in [9.17, 15) is 4.79 Å². The molecular formula is C18H30N2O. The van der Waals surface area contributed by atoms with Crippen LogP contribution in [0.2, 0.25) is 0 Å². The maximum absolute atomic E-state index is 12.9. The lowest BCUT2D eigenvalue weighted by Crippen LogP contribution is -2.37. The molecule has 0 aromatic carbocycles. The van der Waals surface area contributed by atoms with Crippen molar-refractivity contribution in [2.75, 3.05) is 26.2 Å². The van der Waals surface area contributed by atoms with Gasteiger partial charge in [-0.25, -0.2) is 0 Å². The lowest BCUT2D eigenvalue weighted by atomic mass is 9.70. The lowest BCUT2D eigenvalue weighted by Gasteiger charge is -2.36. The van der Waals surface area contributed by atoms with E-state index in [1.54, 1.807) is 0 Å². The third-order valence-corrected chi connectivity index (χ3v) is 7.17. The summed E-state index contributed by atoms with van der Waals surface area (Å²) < 4.78 is 0. The second-order valence-corrected chi connectivity index (χ2v) is 8.56. The van der Waals surface area contributed by atoms with Gasteiger partial charge in [0.15, 0.2) is 0 Å². The summed E-state index contributed by atoms with van der Waals surface area (Å²) in [7, 11) is 0. The van der Waals surface area contributed by atoms with Gasteiger partial charge in [0.05, 0.1) is 0 Å². The van der Waals surface area contributed by atoms with E-state index in [2.05, 4.69) is 17.1 Å². The van der Waals surface area contributed by atoms with Gasteiger partial charge in [-0.05, 0) is 68.4 Å². The molecule has 2 saturated carbocycles. The van der Waals surface area contributed by atoms with Crippen molar-refractivity contribution in [1.82, 2.24) is 10.2 Å². The average molecular weight is 290 g/mol. The van der Waals surface area contributed by atoms with Gasteiger partial charge in [0.2, 0.25) is 5.91 Å². The van der Waals surface area contributed by atoms with Crippen molar-refractivity contribution >= 4 is 5.91 Å². The molecule has 3 heteroatoms. The highest BCUT2D eigenvalue weighted by Crippen LogP contribution is 2.59. The molecule has 1 amide bonds. The van der Waals surface area contributed by atoms with Crippen LogP contribution >= 0.6 is 0 Å².